The van der Waals surface area contributed by atoms with Gasteiger partial charge in [0.1, 0.15) is 5.82 Å². The van der Waals surface area contributed by atoms with E-state index >= 15 is 0 Å². The maximum Gasteiger partial charge on any atom is 0.189 e. The molecule has 0 bridgehead atoms. The number of halogens is 1. The second-order valence-electron chi connectivity index (χ2n) is 4.12. The predicted octanol–water partition coefficient (Wildman–Crippen LogP) is 1.14. The van der Waals surface area contributed by atoms with Crippen molar-refractivity contribution < 1.29 is 9.13 Å². The van der Waals surface area contributed by atoms with Gasteiger partial charge in [0.2, 0.25) is 0 Å². The van der Waals surface area contributed by atoms with Crippen LogP contribution in [0.2, 0.25) is 0 Å². The topological polar surface area (TPSA) is 83.4 Å². The van der Waals surface area contributed by atoms with Crippen molar-refractivity contribution in [3.05, 3.63) is 35.1 Å². The Morgan fingerprint density at radius 2 is 2.37 bits per heavy atom. The normalized spacial score (nSPS) is 12.8. The third-order valence-corrected chi connectivity index (χ3v) is 2.41. The summed E-state index contributed by atoms with van der Waals surface area (Å²) in [6.07, 6.45) is 0. The van der Waals surface area contributed by atoms with E-state index in [1.54, 1.807) is 13.2 Å². The molecule has 1 unspecified atom stereocenters. The molecule has 0 aliphatic rings. The Labute approximate surface area is 111 Å². The van der Waals surface area contributed by atoms with E-state index in [4.69, 9.17) is 15.7 Å². The maximum atomic E-state index is 13.6. The van der Waals surface area contributed by atoms with E-state index in [9.17, 15) is 4.39 Å². The Kier molecular flexibility index (Phi) is 5.76. The lowest BCUT2D eigenvalue weighted by Crippen LogP contribution is -2.40. The zero-order valence-electron chi connectivity index (χ0n) is 11.0. The van der Waals surface area contributed by atoms with E-state index in [0.717, 1.165) is 0 Å². The SMILES string of the molecule is COCC(C)NC(N)=NCc1ccc(C#N)cc1F. The van der Waals surface area contributed by atoms with Gasteiger partial charge in [-0.05, 0) is 19.1 Å². The lowest BCUT2D eigenvalue weighted by Gasteiger charge is -2.13. The molecule has 19 heavy (non-hydrogen) atoms. The van der Waals surface area contributed by atoms with Crippen LogP contribution in [0.5, 0.6) is 0 Å². The first kappa shape index (κ1) is 14.9. The summed E-state index contributed by atoms with van der Waals surface area (Å²) in [6, 6.07) is 6.16. The zero-order valence-corrected chi connectivity index (χ0v) is 11.0. The fraction of sp³-hybridized carbons (Fsp3) is 0.385. The van der Waals surface area contributed by atoms with Crippen molar-refractivity contribution in [1.82, 2.24) is 5.32 Å². The summed E-state index contributed by atoms with van der Waals surface area (Å²) in [5.41, 5.74) is 6.34. The number of methoxy groups -OCH3 is 1. The van der Waals surface area contributed by atoms with Crippen molar-refractivity contribution >= 4 is 5.96 Å². The smallest absolute Gasteiger partial charge is 0.189 e. The van der Waals surface area contributed by atoms with E-state index in [0.29, 0.717) is 12.2 Å². The molecule has 3 N–H and O–H groups in total. The van der Waals surface area contributed by atoms with Crippen LogP contribution in [-0.2, 0) is 11.3 Å². The van der Waals surface area contributed by atoms with Gasteiger partial charge in [-0.25, -0.2) is 9.38 Å². The average Bonchev–Trinajstić information content (AvgIpc) is 2.37. The number of guanidine groups is 1. The third-order valence-electron chi connectivity index (χ3n) is 2.41. The predicted molar refractivity (Wildman–Crippen MR) is 70.9 cm³/mol. The maximum absolute atomic E-state index is 13.6. The van der Waals surface area contributed by atoms with Gasteiger partial charge < -0.3 is 15.8 Å². The molecule has 0 aliphatic heterocycles. The fourth-order valence-corrected chi connectivity index (χ4v) is 1.51. The highest BCUT2D eigenvalue weighted by Gasteiger charge is 2.04. The van der Waals surface area contributed by atoms with Crippen molar-refractivity contribution in [2.45, 2.75) is 19.5 Å². The Morgan fingerprint density at radius 3 is 2.95 bits per heavy atom. The molecule has 102 valence electrons. The van der Waals surface area contributed by atoms with Crippen LogP contribution in [0.25, 0.3) is 0 Å². The number of aliphatic imine (C=N–C) groups is 1. The average molecular weight is 264 g/mol. The summed E-state index contributed by atoms with van der Waals surface area (Å²) in [6.45, 7) is 2.52. The van der Waals surface area contributed by atoms with Crippen LogP contribution in [0.4, 0.5) is 4.39 Å². The summed E-state index contributed by atoms with van der Waals surface area (Å²) in [5.74, 6) is -0.228. The van der Waals surface area contributed by atoms with Gasteiger partial charge in [-0.1, -0.05) is 6.07 Å². The highest BCUT2D eigenvalue weighted by molar-refractivity contribution is 5.78. The van der Waals surface area contributed by atoms with Crippen LogP contribution in [0.15, 0.2) is 23.2 Å². The number of nitrogens with zero attached hydrogens (tertiary/aromatic N) is 2. The number of ether oxygens (including phenoxy) is 1. The van der Waals surface area contributed by atoms with Gasteiger partial charge in [-0.15, -0.1) is 0 Å². The fourth-order valence-electron chi connectivity index (χ4n) is 1.51. The molecule has 1 atom stereocenters. The number of benzene rings is 1. The van der Waals surface area contributed by atoms with Crippen LogP contribution in [0, 0.1) is 17.1 Å². The standard InChI is InChI=1S/C13H17FN4O/c1-9(8-19-2)18-13(16)17-7-11-4-3-10(6-15)5-12(11)14/h3-5,9H,7-8H2,1-2H3,(H3,16,17,18). The van der Waals surface area contributed by atoms with Gasteiger partial charge in [0.25, 0.3) is 0 Å². The highest BCUT2D eigenvalue weighted by Crippen LogP contribution is 2.10. The number of rotatable bonds is 5. The Morgan fingerprint density at radius 1 is 1.63 bits per heavy atom. The van der Waals surface area contributed by atoms with E-state index in [-0.39, 0.29) is 24.1 Å². The second kappa shape index (κ2) is 7.34. The summed E-state index contributed by atoms with van der Waals surface area (Å²) in [4.78, 5) is 4.04. The minimum atomic E-state index is -0.458. The molecule has 0 amide bonds. The van der Waals surface area contributed by atoms with E-state index in [2.05, 4.69) is 10.3 Å². The summed E-state index contributed by atoms with van der Waals surface area (Å²) in [5, 5.41) is 11.6. The minimum Gasteiger partial charge on any atom is -0.383 e. The van der Waals surface area contributed by atoms with Gasteiger partial charge in [0, 0.05) is 18.7 Å². The molecule has 0 radical (unpaired) electrons. The Bertz CT molecular complexity index is 496. The van der Waals surface area contributed by atoms with Crippen molar-refractivity contribution in [3.8, 4) is 6.07 Å². The molecule has 0 fully saturated rings. The van der Waals surface area contributed by atoms with Gasteiger partial charge in [-0.2, -0.15) is 5.26 Å². The van der Waals surface area contributed by atoms with Crippen LogP contribution in [0.1, 0.15) is 18.1 Å². The lowest BCUT2D eigenvalue weighted by molar-refractivity contribution is 0.179. The quantitative estimate of drug-likeness (QED) is 0.617. The second-order valence-corrected chi connectivity index (χ2v) is 4.12. The zero-order chi connectivity index (χ0) is 14.3. The van der Waals surface area contributed by atoms with Gasteiger partial charge in [0.15, 0.2) is 5.96 Å². The molecule has 1 rings (SSSR count). The molecule has 5 nitrogen and oxygen atoms in total. The van der Waals surface area contributed by atoms with E-state index in [1.165, 1.54) is 12.1 Å². The number of nitrogens with one attached hydrogen (secondary N) is 1. The number of nitriles is 1. The first-order valence-electron chi connectivity index (χ1n) is 5.80. The van der Waals surface area contributed by atoms with E-state index in [1.807, 2.05) is 13.0 Å². The highest BCUT2D eigenvalue weighted by atomic mass is 19.1. The molecule has 0 aromatic heterocycles. The first-order chi connectivity index (χ1) is 9.06. The molecule has 6 heteroatoms. The largest absolute Gasteiger partial charge is 0.383 e. The molecular formula is C13H17FN4O. The Balaban J connectivity index is 2.63. The van der Waals surface area contributed by atoms with Crippen molar-refractivity contribution in [3.63, 3.8) is 0 Å². The summed E-state index contributed by atoms with van der Waals surface area (Å²) < 4.78 is 18.5. The lowest BCUT2D eigenvalue weighted by atomic mass is 10.1. The van der Waals surface area contributed by atoms with Crippen molar-refractivity contribution in [1.29, 1.82) is 5.26 Å². The van der Waals surface area contributed by atoms with Crippen molar-refractivity contribution in [2.24, 2.45) is 10.7 Å². The van der Waals surface area contributed by atoms with Crippen LogP contribution in [0.3, 0.4) is 0 Å². The third kappa shape index (κ3) is 4.94. The van der Waals surface area contributed by atoms with Crippen LogP contribution >= 0.6 is 0 Å². The van der Waals surface area contributed by atoms with Crippen molar-refractivity contribution in [2.75, 3.05) is 13.7 Å². The molecule has 0 heterocycles. The minimum absolute atomic E-state index is 0.0274. The van der Waals surface area contributed by atoms with E-state index < -0.39 is 5.82 Å². The van der Waals surface area contributed by atoms with Crippen LogP contribution < -0.4 is 11.1 Å². The molecule has 1 aromatic carbocycles. The molecule has 0 saturated heterocycles. The molecule has 1 aromatic rings. The number of hydrogen-bond donors (Lipinski definition) is 2. The molecular weight excluding hydrogens is 247 g/mol. The summed E-state index contributed by atoms with van der Waals surface area (Å²) >= 11 is 0. The number of nitrogens with two attached hydrogens (primary N) is 1. The monoisotopic (exact) mass is 264 g/mol. The van der Waals surface area contributed by atoms with Gasteiger partial charge in [0.05, 0.1) is 24.8 Å². The molecule has 0 saturated carbocycles. The summed E-state index contributed by atoms with van der Waals surface area (Å²) in [7, 11) is 1.59. The van der Waals surface area contributed by atoms with Gasteiger partial charge in [-0.3, -0.25) is 0 Å². The first-order valence-corrected chi connectivity index (χ1v) is 5.80. The van der Waals surface area contributed by atoms with Gasteiger partial charge >= 0.3 is 0 Å². The van der Waals surface area contributed by atoms with Crippen LogP contribution in [-0.4, -0.2) is 25.7 Å². The molecule has 0 spiro atoms. The Hall–Kier alpha value is -2.13. The number of hydrogen-bond acceptors (Lipinski definition) is 3. The molecule has 0 aliphatic carbocycles.